The van der Waals surface area contributed by atoms with Gasteiger partial charge in [0.25, 0.3) is 0 Å². The van der Waals surface area contributed by atoms with Crippen molar-refractivity contribution in [1.82, 2.24) is 5.32 Å². The van der Waals surface area contributed by atoms with Crippen LogP contribution < -0.4 is 14.8 Å². The van der Waals surface area contributed by atoms with Crippen LogP contribution in [0.2, 0.25) is 0 Å². The summed E-state index contributed by atoms with van der Waals surface area (Å²) in [7, 11) is 0. The first-order valence-electron chi connectivity index (χ1n) is 12.1. The summed E-state index contributed by atoms with van der Waals surface area (Å²) in [6.07, 6.45) is 0. The molecule has 0 saturated carbocycles. The predicted molar refractivity (Wildman–Crippen MR) is 150 cm³/mol. The Morgan fingerprint density at radius 1 is 0.947 bits per heavy atom. The lowest BCUT2D eigenvalue weighted by Gasteiger charge is -2.16. The zero-order valence-electron chi connectivity index (χ0n) is 20.9. The molecule has 4 aromatic carbocycles. The second kappa shape index (κ2) is 12.9. The Morgan fingerprint density at radius 2 is 1.74 bits per heavy atom. The number of ether oxygens (including phenoxy) is 2. The average Bonchev–Trinajstić information content (AvgIpc) is 2.95. The van der Waals surface area contributed by atoms with Crippen LogP contribution in [0.5, 0.6) is 11.5 Å². The van der Waals surface area contributed by atoms with E-state index in [9.17, 15) is 15.2 Å². The number of hydrogen-bond donors (Lipinski definition) is 2. The van der Waals surface area contributed by atoms with E-state index in [1.165, 1.54) is 0 Å². The minimum Gasteiger partial charge on any atom is -0.489 e. The largest absolute Gasteiger partial charge is 0.489 e. The zero-order chi connectivity index (χ0) is 26.9. The van der Waals surface area contributed by atoms with Crippen LogP contribution in [0.15, 0.2) is 95.5 Å². The minimum atomic E-state index is -0.927. The van der Waals surface area contributed by atoms with E-state index in [2.05, 4.69) is 45.5 Å². The second-order valence-corrected chi connectivity index (χ2v) is 9.54. The molecule has 6 nitrogen and oxygen atoms in total. The second-order valence-electron chi connectivity index (χ2n) is 8.74. The van der Waals surface area contributed by atoms with Gasteiger partial charge in [-0.15, -0.1) is 0 Å². The lowest BCUT2D eigenvalue weighted by Crippen LogP contribution is -2.33. The van der Waals surface area contributed by atoms with Crippen molar-refractivity contribution in [3.8, 4) is 28.7 Å². The van der Waals surface area contributed by atoms with E-state index in [0.717, 1.165) is 32.3 Å². The van der Waals surface area contributed by atoms with Crippen molar-refractivity contribution >= 4 is 21.9 Å². The van der Waals surface area contributed by atoms with Crippen LogP contribution in [-0.2, 0) is 24.6 Å². The molecule has 2 N–H and O–H groups in total. The summed E-state index contributed by atoms with van der Waals surface area (Å²) in [5.41, 5.74) is 5.42. The van der Waals surface area contributed by atoms with E-state index in [-0.39, 0.29) is 6.61 Å². The quantitative estimate of drug-likeness (QED) is 0.208. The molecule has 0 fully saturated rings. The van der Waals surface area contributed by atoms with Crippen LogP contribution in [-0.4, -0.2) is 17.1 Å². The van der Waals surface area contributed by atoms with Gasteiger partial charge in [-0.25, -0.2) is 0 Å². The molecule has 0 bridgehead atoms. The van der Waals surface area contributed by atoms with Crippen molar-refractivity contribution in [2.45, 2.75) is 32.7 Å². The fraction of sp³-hybridized carbons (Fsp3) is 0.161. The van der Waals surface area contributed by atoms with E-state index in [1.54, 1.807) is 19.1 Å². The Balaban J connectivity index is 1.52. The number of rotatable bonds is 11. The van der Waals surface area contributed by atoms with Gasteiger partial charge in [0.15, 0.2) is 0 Å². The first-order valence-corrected chi connectivity index (χ1v) is 12.9. The standard InChI is InChI=1S/C31H27BrN2O4/c1-21(31(35)36)34-18-25-13-14-27(16-29(25)38-19-23-8-5-7-22(15-23)17-33)37-20-26-11-6-12-28(30(26)32)24-9-3-2-4-10-24/h2-16,21,34H,18-20H2,1H3,(H,35,36). The number of carbonyl (C=O) groups is 1. The van der Waals surface area contributed by atoms with Gasteiger partial charge in [-0.3, -0.25) is 4.79 Å². The molecule has 0 radical (unpaired) electrons. The first-order chi connectivity index (χ1) is 18.4. The number of hydrogen-bond acceptors (Lipinski definition) is 5. The highest BCUT2D eigenvalue weighted by atomic mass is 79.9. The van der Waals surface area contributed by atoms with Crippen LogP contribution in [0.1, 0.15) is 29.2 Å². The van der Waals surface area contributed by atoms with Crippen LogP contribution >= 0.6 is 15.9 Å². The van der Waals surface area contributed by atoms with Gasteiger partial charge in [0.2, 0.25) is 0 Å². The highest BCUT2D eigenvalue weighted by molar-refractivity contribution is 9.10. The molecule has 0 saturated heterocycles. The molecule has 4 aromatic rings. The van der Waals surface area contributed by atoms with E-state index in [1.807, 2.05) is 60.7 Å². The Hall–Kier alpha value is -4.12. The SMILES string of the molecule is CC(NCc1ccc(OCc2cccc(-c3ccccc3)c2Br)cc1OCc1cccc(C#N)c1)C(=O)O. The highest BCUT2D eigenvalue weighted by Gasteiger charge is 2.14. The summed E-state index contributed by atoms with van der Waals surface area (Å²) in [5.74, 6) is 0.272. The van der Waals surface area contributed by atoms with Gasteiger partial charge in [0.05, 0.1) is 11.6 Å². The molecule has 7 heteroatoms. The Bertz CT molecular complexity index is 1450. The summed E-state index contributed by atoms with van der Waals surface area (Å²) < 4.78 is 13.2. The molecule has 0 aliphatic rings. The molecule has 4 rings (SSSR count). The predicted octanol–water partition coefficient (Wildman–Crippen LogP) is 6.71. The number of carboxylic acids is 1. The maximum absolute atomic E-state index is 11.2. The van der Waals surface area contributed by atoms with E-state index in [4.69, 9.17) is 9.47 Å². The van der Waals surface area contributed by atoms with Crippen molar-refractivity contribution in [3.63, 3.8) is 0 Å². The topological polar surface area (TPSA) is 91.6 Å². The summed E-state index contributed by atoms with van der Waals surface area (Å²) in [6, 6.07) is 30.4. The van der Waals surface area contributed by atoms with Crippen LogP contribution in [0.3, 0.4) is 0 Å². The highest BCUT2D eigenvalue weighted by Crippen LogP contribution is 2.32. The Labute approximate surface area is 230 Å². The number of benzene rings is 4. The molecule has 0 amide bonds. The normalized spacial score (nSPS) is 11.4. The summed E-state index contributed by atoms with van der Waals surface area (Å²) in [5, 5.41) is 21.4. The lowest BCUT2D eigenvalue weighted by atomic mass is 10.0. The maximum Gasteiger partial charge on any atom is 0.320 e. The van der Waals surface area contributed by atoms with Crippen LogP contribution in [0.25, 0.3) is 11.1 Å². The van der Waals surface area contributed by atoms with Crippen molar-refractivity contribution in [3.05, 3.63) is 118 Å². The number of nitrogens with one attached hydrogen (secondary N) is 1. The Morgan fingerprint density at radius 3 is 2.50 bits per heavy atom. The molecule has 1 unspecified atom stereocenters. The molecule has 38 heavy (non-hydrogen) atoms. The van der Waals surface area contributed by atoms with Crippen LogP contribution in [0.4, 0.5) is 0 Å². The van der Waals surface area contributed by atoms with E-state index in [0.29, 0.717) is 30.2 Å². The van der Waals surface area contributed by atoms with Crippen molar-refractivity contribution < 1.29 is 19.4 Å². The van der Waals surface area contributed by atoms with Crippen LogP contribution in [0, 0.1) is 11.3 Å². The van der Waals surface area contributed by atoms with Gasteiger partial charge in [-0.05, 0) is 57.7 Å². The van der Waals surface area contributed by atoms with Crippen molar-refractivity contribution in [2.75, 3.05) is 0 Å². The lowest BCUT2D eigenvalue weighted by molar-refractivity contribution is -0.139. The third kappa shape index (κ3) is 7.00. The van der Waals surface area contributed by atoms with E-state index >= 15 is 0 Å². The molecule has 0 aliphatic heterocycles. The van der Waals surface area contributed by atoms with Crippen molar-refractivity contribution in [2.24, 2.45) is 0 Å². The van der Waals surface area contributed by atoms with Gasteiger partial charge >= 0.3 is 5.97 Å². The number of aliphatic carboxylic acids is 1. The summed E-state index contributed by atoms with van der Waals surface area (Å²) in [6.45, 7) is 2.50. The number of nitriles is 1. The summed E-state index contributed by atoms with van der Waals surface area (Å²) >= 11 is 3.74. The number of nitrogens with zero attached hydrogens (tertiary/aromatic N) is 1. The first kappa shape index (κ1) is 26.9. The molecule has 192 valence electrons. The smallest absolute Gasteiger partial charge is 0.320 e. The minimum absolute atomic E-state index is 0.255. The molecule has 0 aliphatic carbocycles. The maximum atomic E-state index is 11.2. The fourth-order valence-electron chi connectivity index (χ4n) is 3.84. The van der Waals surface area contributed by atoms with Gasteiger partial charge in [-0.2, -0.15) is 5.26 Å². The zero-order valence-corrected chi connectivity index (χ0v) is 22.4. The molecule has 0 spiro atoms. The molecule has 0 heterocycles. The third-order valence-corrected chi connectivity index (χ3v) is 6.95. The van der Waals surface area contributed by atoms with Gasteiger partial charge < -0.3 is 19.9 Å². The average molecular weight is 571 g/mol. The number of carboxylic acid groups (broad SMARTS) is 1. The van der Waals surface area contributed by atoms with Gasteiger partial charge in [0, 0.05) is 28.2 Å². The van der Waals surface area contributed by atoms with Gasteiger partial charge in [-0.1, -0.05) is 66.7 Å². The van der Waals surface area contributed by atoms with Crippen molar-refractivity contribution in [1.29, 1.82) is 5.26 Å². The monoisotopic (exact) mass is 570 g/mol. The third-order valence-electron chi connectivity index (χ3n) is 6.02. The van der Waals surface area contributed by atoms with Gasteiger partial charge in [0.1, 0.15) is 30.8 Å². The molecule has 0 aromatic heterocycles. The molecule has 1 atom stereocenters. The molecular formula is C31H27BrN2O4. The fourth-order valence-corrected chi connectivity index (χ4v) is 4.45. The van der Waals surface area contributed by atoms with E-state index < -0.39 is 12.0 Å². The molecular weight excluding hydrogens is 544 g/mol. The number of halogens is 1. The summed E-state index contributed by atoms with van der Waals surface area (Å²) in [4.78, 5) is 11.2. The Kier molecular flexibility index (Phi) is 9.15.